The number of benzene rings is 4. The van der Waals surface area contributed by atoms with Crippen molar-refractivity contribution >= 4 is 15.9 Å². The lowest BCUT2D eigenvalue weighted by molar-refractivity contribution is 0.0236. The minimum atomic E-state index is -3.81. The van der Waals surface area contributed by atoms with Gasteiger partial charge in [-0.1, -0.05) is 48.5 Å². The van der Waals surface area contributed by atoms with Crippen molar-refractivity contribution in [3.8, 4) is 11.5 Å². The summed E-state index contributed by atoms with van der Waals surface area (Å²) in [5.74, 6) is 0.332. The summed E-state index contributed by atoms with van der Waals surface area (Å²) in [5.41, 5.74) is 1.25. The van der Waals surface area contributed by atoms with Crippen molar-refractivity contribution in [1.82, 2.24) is 4.90 Å². The van der Waals surface area contributed by atoms with Crippen molar-refractivity contribution < 1.29 is 27.1 Å². The fraction of sp³-hybridized carbons (Fsp3) is 0.219. The molecule has 0 aliphatic carbocycles. The van der Waals surface area contributed by atoms with Crippen LogP contribution in [-0.2, 0) is 27.5 Å². The maximum Gasteiger partial charge on any atom is 0.410 e. The molecule has 0 fully saturated rings. The molecule has 0 bridgehead atoms. The summed E-state index contributed by atoms with van der Waals surface area (Å²) in [6, 6.07) is 28.0. The second kappa shape index (κ2) is 12.3. The van der Waals surface area contributed by atoms with Gasteiger partial charge in [0, 0.05) is 13.1 Å². The van der Waals surface area contributed by atoms with Crippen LogP contribution in [0.5, 0.6) is 11.5 Å². The topological polar surface area (TPSA) is 72.9 Å². The van der Waals surface area contributed by atoms with Gasteiger partial charge in [0.15, 0.2) is 0 Å². The maximum absolute atomic E-state index is 13.3. The van der Waals surface area contributed by atoms with Crippen LogP contribution in [0.15, 0.2) is 113 Å². The Labute approximate surface area is 234 Å². The summed E-state index contributed by atoms with van der Waals surface area (Å²) in [5, 5.41) is 0. The number of rotatable bonds is 9. The van der Waals surface area contributed by atoms with Crippen LogP contribution in [-0.4, -0.2) is 31.6 Å². The molecule has 0 N–H and O–H groups in total. The van der Waals surface area contributed by atoms with E-state index in [9.17, 15) is 17.6 Å². The molecule has 0 heterocycles. The predicted octanol–water partition coefficient (Wildman–Crippen LogP) is 7.43. The third-order valence-electron chi connectivity index (χ3n) is 5.94. The minimum absolute atomic E-state index is 0.0822. The molecule has 8 heteroatoms. The zero-order valence-corrected chi connectivity index (χ0v) is 23.5. The number of sulfone groups is 1. The van der Waals surface area contributed by atoms with E-state index in [4.69, 9.17) is 9.47 Å². The van der Waals surface area contributed by atoms with E-state index in [0.29, 0.717) is 31.0 Å². The molecule has 0 aliphatic heterocycles. The van der Waals surface area contributed by atoms with E-state index in [-0.39, 0.29) is 15.6 Å². The van der Waals surface area contributed by atoms with E-state index in [0.717, 1.165) is 11.1 Å². The Morgan fingerprint density at radius 1 is 0.775 bits per heavy atom. The van der Waals surface area contributed by atoms with Crippen molar-refractivity contribution in [2.75, 3.05) is 6.54 Å². The number of amides is 1. The molecule has 0 unspecified atom stereocenters. The van der Waals surface area contributed by atoms with E-state index in [1.807, 2.05) is 51.1 Å². The number of ether oxygens (including phenoxy) is 2. The Hall–Kier alpha value is -4.17. The van der Waals surface area contributed by atoms with Crippen LogP contribution in [0.2, 0.25) is 0 Å². The average molecular weight is 562 g/mol. The lowest BCUT2D eigenvalue weighted by atomic mass is 10.1. The summed E-state index contributed by atoms with van der Waals surface area (Å²) in [4.78, 5) is 14.8. The van der Waals surface area contributed by atoms with Crippen LogP contribution in [0.1, 0.15) is 31.9 Å². The molecule has 0 radical (unpaired) electrons. The lowest BCUT2D eigenvalue weighted by Crippen LogP contribution is -2.37. The molecule has 0 atom stereocenters. The van der Waals surface area contributed by atoms with Crippen molar-refractivity contribution in [1.29, 1.82) is 0 Å². The molecular formula is C32H32FNO5S. The fourth-order valence-corrected chi connectivity index (χ4v) is 5.24. The van der Waals surface area contributed by atoms with E-state index in [1.165, 1.54) is 36.4 Å². The van der Waals surface area contributed by atoms with Gasteiger partial charge < -0.3 is 14.4 Å². The highest BCUT2D eigenvalue weighted by Gasteiger charge is 2.23. The number of hydrogen-bond acceptors (Lipinski definition) is 5. The molecule has 4 rings (SSSR count). The monoisotopic (exact) mass is 561 g/mol. The van der Waals surface area contributed by atoms with E-state index in [2.05, 4.69) is 0 Å². The second-order valence-electron chi connectivity index (χ2n) is 10.3. The van der Waals surface area contributed by atoms with Crippen LogP contribution in [0.4, 0.5) is 9.18 Å². The Balaban J connectivity index is 1.45. The summed E-state index contributed by atoms with van der Waals surface area (Å²) in [7, 11) is -3.81. The summed E-state index contributed by atoms with van der Waals surface area (Å²) in [6.45, 7) is 6.29. The molecule has 4 aromatic rings. The van der Waals surface area contributed by atoms with Gasteiger partial charge in [-0.05, 0) is 92.9 Å². The third kappa shape index (κ3) is 7.93. The quantitative estimate of drug-likeness (QED) is 0.212. The van der Waals surface area contributed by atoms with Crippen LogP contribution in [0, 0.1) is 5.82 Å². The van der Waals surface area contributed by atoms with Gasteiger partial charge in [-0.25, -0.2) is 17.6 Å². The van der Waals surface area contributed by atoms with Crippen molar-refractivity contribution in [3.63, 3.8) is 0 Å². The first kappa shape index (κ1) is 28.8. The largest absolute Gasteiger partial charge is 0.457 e. The van der Waals surface area contributed by atoms with Gasteiger partial charge in [-0.3, -0.25) is 0 Å². The highest BCUT2D eigenvalue weighted by Crippen LogP contribution is 2.28. The van der Waals surface area contributed by atoms with Gasteiger partial charge in [-0.2, -0.15) is 0 Å². The lowest BCUT2D eigenvalue weighted by Gasteiger charge is -2.27. The van der Waals surface area contributed by atoms with Gasteiger partial charge in [0.2, 0.25) is 9.84 Å². The molecule has 0 spiro atoms. The molecule has 6 nitrogen and oxygen atoms in total. The van der Waals surface area contributed by atoms with Crippen molar-refractivity contribution in [2.45, 2.75) is 49.1 Å². The number of hydrogen-bond donors (Lipinski definition) is 0. The van der Waals surface area contributed by atoms with Gasteiger partial charge >= 0.3 is 6.09 Å². The maximum atomic E-state index is 13.3. The number of carbonyl (C=O) groups is 1. The second-order valence-corrected chi connectivity index (χ2v) is 12.3. The molecule has 0 saturated heterocycles. The van der Waals surface area contributed by atoms with E-state index >= 15 is 0 Å². The highest BCUT2D eigenvalue weighted by atomic mass is 32.2. The molecule has 208 valence electrons. The Morgan fingerprint density at radius 3 is 2.10 bits per heavy atom. The van der Waals surface area contributed by atoms with Gasteiger partial charge in [0.25, 0.3) is 0 Å². The molecule has 0 saturated carbocycles. The normalized spacial score (nSPS) is 11.6. The fourth-order valence-electron chi connectivity index (χ4n) is 3.94. The summed E-state index contributed by atoms with van der Waals surface area (Å²) < 4.78 is 51.1. The summed E-state index contributed by atoms with van der Waals surface area (Å²) in [6.07, 6.45) is 0.117. The van der Waals surface area contributed by atoms with Crippen LogP contribution < -0.4 is 4.74 Å². The first-order valence-corrected chi connectivity index (χ1v) is 14.4. The minimum Gasteiger partial charge on any atom is -0.457 e. The van der Waals surface area contributed by atoms with Gasteiger partial charge in [0.05, 0.1) is 9.79 Å². The van der Waals surface area contributed by atoms with Crippen LogP contribution >= 0.6 is 0 Å². The highest BCUT2D eigenvalue weighted by molar-refractivity contribution is 7.91. The van der Waals surface area contributed by atoms with Gasteiger partial charge in [-0.15, -0.1) is 0 Å². The molecule has 1 amide bonds. The zero-order chi connectivity index (χ0) is 28.8. The summed E-state index contributed by atoms with van der Waals surface area (Å²) >= 11 is 0. The Bertz CT molecular complexity index is 1530. The molecule has 0 aliphatic rings. The zero-order valence-electron chi connectivity index (χ0n) is 22.7. The smallest absolute Gasteiger partial charge is 0.410 e. The number of carbonyl (C=O) groups excluding carboxylic acids is 1. The van der Waals surface area contributed by atoms with E-state index < -0.39 is 21.5 Å². The van der Waals surface area contributed by atoms with Crippen LogP contribution in [0.3, 0.4) is 0 Å². The molecule has 4 aromatic carbocycles. The first-order chi connectivity index (χ1) is 19.0. The molecule has 0 aromatic heterocycles. The van der Waals surface area contributed by atoms with Crippen molar-refractivity contribution in [3.05, 3.63) is 120 Å². The molecular weight excluding hydrogens is 529 g/mol. The average Bonchev–Trinajstić information content (AvgIpc) is 2.92. The third-order valence-corrected chi connectivity index (χ3v) is 7.70. The number of nitrogens with zero attached hydrogens (tertiary/aromatic N) is 1. The predicted molar refractivity (Wildman–Crippen MR) is 152 cm³/mol. The van der Waals surface area contributed by atoms with Crippen molar-refractivity contribution in [2.24, 2.45) is 0 Å². The SMILES string of the molecule is CC(C)(C)OC(=O)N(CCc1ccc(S(=O)(=O)c2cccc(Oc3ccc(F)cc3)c2)cc1)Cc1ccccc1. The standard InChI is InChI=1S/C32H32FNO5S/c1-32(2,3)39-31(35)34(23-25-8-5-4-6-9-25)21-20-24-12-18-29(19-13-24)40(36,37)30-11-7-10-28(22-30)38-27-16-14-26(33)15-17-27/h4-19,22H,20-21,23H2,1-3H3. The Kier molecular flexibility index (Phi) is 8.90. The van der Waals surface area contributed by atoms with Crippen LogP contribution in [0.25, 0.3) is 0 Å². The number of halogens is 1. The molecule has 40 heavy (non-hydrogen) atoms. The Morgan fingerprint density at radius 2 is 1.45 bits per heavy atom. The first-order valence-electron chi connectivity index (χ1n) is 12.9. The van der Waals surface area contributed by atoms with Gasteiger partial charge in [0.1, 0.15) is 22.9 Å². The van der Waals surface area contributed by atoms with E-state index in [1.54, 1.807) is 41.3 Å².